The third kappa shape index (κ3) is 4.16. The smallest absolute Gasteiger partial charge is 0.260 e. The van der Waals surface area contributed by atoms with Crippen molar-refractivity contribution in [2.24, 2.45) is 0 Å². The van der Waals surface area contributed by atoms with Crippen LogP contribution in [0.4, 0.5) is 5.69 Å². The van der Waals surface area contributed by atoms with Crippen LogP contribution in [0.5, 0.6) is 11.5 Å². The fourth-order valence-electron chi connectivity index (χ4n) is 4.48. The first-order chi connectivity index (χ1) is 14.6. The molecule has 0 aliphatic carbocycles. The second-order valence-electron chi connectivity index (χ2n) is 7.98. The molecule has 30 heavy (non-hydrogen) atoms. The van der Waals surface area contributed by atoms with Gasteiger partial charge < -0.3 is 19.1 Å². The number of morpholine rings is 1. The van der Waals surface area contributed by atoms with E-state index in [9.17, 15) is 4.79 Å². The summed E-state index contributed by atoms with van der Waals surface area (Å²) in [5, 5.41) is 0. The Morgan fingerprint density at radius 3 is 2.63 bits per heavy atom. The molecule has 0 radical (unpaired) electrons. The van der Waals surface area contributed by atoms with Crippen molar-refractivity contribution in [3.8, 4) is 11.5 Å². The van der Waals surface area contributed by atoms with Gasteiger partial charge >= 0.3 is 0 Å². The first-order valence-electron chi connectivity index (χ1n) is 10.6. The molecule has 4 rings (SSSR count). The van der Waals surface area contributed by atoms with Crippen LogP contribution in [0.15, 0.2) is 48.5 Å². The van der Waals surface area contributed by atoms with Gasteiger partial charge in [0.2, 0.25) is 0 Å². The van der Waals surface area contributed by atoms with Gasteiger partial charge in [0.1, 0.15) is 11.5 Å². The number of nitrogens with zero attached hydrogens (tertiary/aromatic N) is 2. The average molecular weight is 411 g/mol. The number of ether oxygens (including phenoxy) is 3. The summed E-state index contributed by atoms with van der Waals surface area (Å²) in [7, 11) is 3.32. The number of anilines is 1. The largest absolute Gasteiger partial charge is 0.497 e. The van der Waals surface area contributed by atoms with Gasteiger partial charge in [0, 0.05) is 43.5 Å². The van der Waals surface area contributed by atoms with Crippen molar-refractivity contribution in [3.63, 3.8) is 0 Å². The van der Waals surface area contributed by atoms with Gasteiger partial charge in [-0.25, -0.2) is 0 Å². The Bertz CT molecular complexity index is 873. The van der Waals surface area contributed by atoms with Crippen LogP contribution < -0.4 is 14.4 Å². The average Bonchev–Trinajstić information content (AvgIpc) is 2.94. The van der Waals surface area contributed by atoms with Gasteiger partial charge in [0.05, 0.1) is 20.8 Å². The lowest BCUT2D eigenvalue weighted by Crippen LogP contribution is -2.59. The summed E-state index contributed by atoms with van der Waals surface area (Å²) in [5.41, 5.74) is 1.24. The van der Waals surface area contributed by atoms with E-state index in [1.165, 1.54) is 0 Å². The maximum Gasteiger partial charge on any atom is 0.260 e. The zero-order chi connectivity index (χ0) is 21.0. The summed E-state index contributed by atoms with van der Waals surface area (Å²) in [6.07, 6.45) is 2.72. The molecule has 1 amide bonds. The van der Waals surface area contributed by atoms with Crippen molar-refractivity contribution in [2.75, 3.05) is 45.4 Å². The van der Waals surface area contributed by atoms with Gasteiger partial charge in [-0.2, -0.15) is 0 Å². The van der Waals surface area contributed by atoms with Gasteiger partial charge in [-0.3, -0.25) is 9.69 Å². The molecule has 160 valence electrons. The molecule has 2 heterocycles. The molecule has 0 saturated carbocycles. The molecule has 2 aliphatic rings. The number of para-hydroxylation sites is 1. The predicted octanol–water partition coefficient (Wildman–Crippen LogP) is 3.49. The molecule has 2 aromatic carbocycles. The highest BCUT2D eigenvalue weighted by Crippen LogP contribution is 2.34. The molecular formula is C24H30N2O4. The molecule has 6 heteroatoms. The van der Waals surface area contributed by atoms with Crippen LogP contribution in [0.25, 0.3) is 0 Å². The van der Waals surface area contributed by atoms with Crippen molar-refractivity contribution in [2.45, 2.75) is 31.4 Å². The molecule has 2 saturated heterocycles. The van der Waals surface area contributed by atoms with Crippen LogP contribution in [-0.2, 0) is 16.1 Å². The highest BCUT2D eigenvalue weighted by molar-refractivity contribution is 6.00. The maximum atomic E-state index is 13.7. The molecule has 2 fully saturated rings. The summed E-state index contributed by atoms with van der Waals surface area (Å²) in [6.45, 7) is 3.36. The summed E-state index contributed by atoms with van der Waals surface area (Å²) < 4.78 is 17.1. The first-order valence-corrected chi connectivity index (χ1v) is 10.6. The molecule has 6 nitrogen and oxygen atoms in total. The highest BCUT2D eigenvalue weighted by Gasteiger charge is 2.47. The van der Waals surface area contributed by atoms with Gasteiger partial charge in [-0.05, 0) is 37.5 Å². The number of hydrogen-bond donors (Lipinski definition) is 0. The summed E-state index contributed by atoms with van der Waals surface area (Å²) in [4.78, 5) is 17.9. The monoisotopic (exact) mass is 410 g/mol. The van der Waals surface area contributed by atoms with E-state index in [4.69, 9.17) is 14.2 Å². The number of benzene rings is 2. The normalized spacial score (nSPS) is 22.7. The lowest BCUT2D eigenvalue weighted by atomic mass is 9.93. The third-order valence-corrected chi connectivity index (χ3v) is 6.07. The second kappa shape index (κ2) is 9.06. The molecule has 0 aromatic heterocycles. The Morgan fingerprint density at radius 2 is 1.87 bits per heavy atom. The molecular weight excluding hydrogens is 380 g/mol. The van der Waals surface area contributed by atoms with Crippen molar-refractivity contribution < 1.29 is 19.0 Å². The van der Waals surface area contributed by atoms with E-state index in [0.717, 1.165) is 55.1 Å². The Hall–Kier alpha value is -2.57. The van der Waals surface area contributed by atoms with Crippen LogP contribution in [0.3, 0.4) is 0 Å². The van der Waals surface area contributed by atoms with Crippen LogP contribution in [0, 0.1) is 0 Å². The lowest BCUT2D eigenvalue weighted by Gasteiger charge is -2.42. The van der Waals surface area contributed by atoms with E-state index in [0.29, 0.717) is 19.7 Å². The quantitative estimate of drug-likeness (QED) is 0.755. The molecule has 0 bridgehead atoms. The third-order valence-electron chi connectivity index (χ3n) is 6.07. The van der Waals surface area contributed by atoms with Crippen LogP contribution in [-0.4, -0.2) is 56.9 Å². The van der Waals surface area contributed by atoms with Gasteiger partial charge in [0.15, 0.2) is 5.60 Å². The van der Waals surface area contributed by atoms with Crippen LogP contribution in [0.2, 0.25) is 0 Å². The summed E-state index contributed by atoms with van der Waals surface area (Å²) in [6, 6.07) is 15.8. The number of carbonyl (C=O) groups excluding carboxylic acids is 1. The van der Waals surface area contributed by atoms with Crippen molar-refractivity contribution in [1.29, 1.82) is 0 Å². The van der Waals surface area contributed by atoms with Crippen molar-refractivity contribution in [3.05, 3.63) is 54.1 Å². The van der Waals surface area contributed by atoms with Crippen LogP contribution in [0.1, 0.15) is 24.8 Å². The van der Waals surface area contributed by atoms with Gasteiger partial charge in [0.25, 0.3) is 5.91 Å². The van der Waals surface area contributed by atoms with Crippen LogP contribution >= 0.6 is 0 Å². The topological polar surface area (TPSA) is 51.2 Å². The number of carbonyl (C=O) groups is 1. The van der Waals surface area contributed by atoms with Gasteiger partial charge in [-0.15, -0.1) is 0 Å². The van der Waals surface area contributed by atoms with E-state index < -0.39 is 5.60 Å². The highest BCUT2D eigenvalue weighted by atomic mass is 16.5. The summed E-state index contributed by atoms with van der Waals surface area (Å²) >= 11 is 0. The molecule has 0 N–H and O–H groups in total. The minimum atomic E-state index is -0.787. The zero-order valence-corrected chi connectivity index (χ0v) is 17.8. The minimum absolute atomic E-state index is 0.0811. The standard InChI is InChI=1S/C24H30N2O4/c1-28-21-11-10-19(22(16-21)29-2)17-25-14-15-30-24(18-25)12-6-7-13-26(23(24)27)20-8-4-3-5-9-20/h3-5,8-11,16H,6-7,12-15,17-18H2,1-2H3. The van der Waals surface area contributed by atoms with E-state index in [2.05, 4.69) is 4.90 Å². The number of amides is 1. The second-order valence-corrected chi connectivity index (χ2v) is 7.98. The van der Waals surface area contributed by atoms with E-state index in [-0.39, 0.29) is 5.91 Å². The van der Waals surface area contributed by atoms with Crippen molar-refractivity contribution in [1.82, 2.24) is 4.90 Å². The molecule has 1 spiro atoms. The molecule has 2 aliphatic heterocycles. The number of rotatable bonds is 5. The van der Waals surface area contributed by atoms with E-state index >= 15 is 0 Å². The Morgan fingerprint density at radius 1 is 1.03 bits per heavy atom. The Balaban J connectivity index is 1.55. The SMILES string of the molecule is COc1ccc(CN2CCOC3(CCCCN(c4ccccc4)C3=O)C2)c(OC)c1. The lowest BCUT2D eigenvalue weighted by molar-refractivity contribution is -0.158. The molecule has 2 aromatic rings. The first kappa shape index (κ1) is 20.7. The maximum absolute atomic E-state index is 13.7. The van der Waals surface area contributed by atoms with E-state index in [1.54, 1.807) is 14.2 Å². The zero-order valence-electron chi connectivity index (χ0n) is 17.8. The number of methoxy groups -OCH3 is 2. The predicted molar refractivity (Wildman–Crippen MR) is 116 cm³/mol. The van der Waals surface area contributed by atoms with Gasteiger partial charge in [-0.1, -0.05) is 24.3 Å². The fraction of sp³-hybridized carbons (Fsp3) is 0.458. The Kier molecular flexibility index (Phi) is 6.25. The van der Waals surface area contributed by atoms with Crippen molar-refractivity contribution >= 4 is 11.6 Å². The summed E-state index contributed by atoms with van der Waals surface area (Å²) in [5.74, 6) is 1.65. The minimum Gasteiger partial charge on any atom is -0.497 e. The molecule has 1 atom stereocenters. The fourth-order valence-corrected chi connectivity index (χ4v) is 4.48. The Labute approximate surface area is 178 Å². The number of hydrogen-bond acceptors (Lipinski definition) is 5. The van der Waals surface area contributed by atoms with E-state index in [1.807, 2.05) is 53.4 Å². The molecule has 1 unspecified atom stereocenters.